The van der Waals surface area contributed by atoms with Crippen molar-refractivity contribution in [1.82, 2.24) is 0 Å². The maximum atomic E-state index is 14.7. The van der Waals surface area contributed by atoms with E-state index in [1.165, 1.54) is 0 Å². The van der Waals surface area contributed by atoms with Crippen molar-refractivity contribution in [3.05, 3.63) is 95.3 Å². The highest BCUT2D eigenvalue weighted by Crippen LogP contribution is 2.37. The largest absolute Gasteiger partial charge is 0.563 e. The zero-order valence-corrected chi connectivity index (χ0v) is 18.6. The lowest BCUT2D eigenvalue weighted by Crippen LogP contribution is -2.36. The molecule has 1 saturated heterocycles. The number of ether oxygens (including phenoxy) is 1. The third-order valence-corrected chi connectivity index (χ3v) is 5.43. The lowest BCUT2D eigenvalue weighted by atomic mass is 9.78. The number of alkyl halides is 2. The summed E-state index contributed by atoms with van der Waals surface area (Å²) in [6.07, 6.45) is -4.60. The lowest BCUT2D eigenvalue weighted by molar-refractivity contribution is -0.189. The minimum absolute atomic E-state index is 0.169. The van der Waals surface area contributed by atoms with Gasteiger partial charge in [0.1, 0.15) is 34.4 Å². The summed E-state index contributed by atoms with van der Waals surface area (Å²) in [4.78, 5) is 0. The van der Waals surface area contributed by atoms with Crippen LogP contribution in [0.1, 0.15) is 19.4 Å². The summed E-state index contributed by atoms with van der Waals surface area (Å²) in [7, 11) is -1.29. The second-order valence-electron chi connectivity index (χ2n) is 8.38. The molecular weight excluding hydrogens is 499 g/mol. The molecule has 0 amide bonds. The molecule has 0 radical (unpaired) electrons. The predicted octanol–water partition coefficient (Wildman–Crippen LogP) is 6.35. The molecule has 0 N–H and O–H groups in total. The van der Waals surface area contributed by atoms with E-state index in [0.29, 0.717) is 30.3 Å². The maximum absolute atomic E-state index is 14.7. The van der Waals surface area contributed by atoms with Gasteiger partial charge in [0.2, 0.25) is 0 Å². The summed E-state index contributed by atoms with van der Waals surface area (Å²) in [6.45, 7) is 6.80. The number of hydrogen-bond donors (Lipinski definition) is 0. The van der Waals surface area contributed by atoms with Gasteiger partial charge >= 0.3 is 13.2 Å². The van der Waals surface area contributed by atoms with E-state index in [9.17, 15) is 35.1 Å². The van der Waals surface area contributed by atoms with Gasteiger partial charge in [-0.3, -0.25) is 0 Å². The fraction of sp³-hybridized carbons (Fsp3) is 0.167. The van der Waals surface area contributed by atoms with Crippen LogP contribution in [0.2, 0.25) is 0 Å². The molecular formula is C24H15BF8O3. The minimum atomic E-state index is -4.60. The van der Waals surface area contributed by atoms with E-state index in [-0.39, 0.29) is 11.2 Å². The van der Waals surface area contributed by atoms with Gasteiger partial charge < -0.3 is 14.0 Å². The Kier molecular flexibility index (Phi) is 6.28. The quantitative estimate of drug-likeness (QED) is 0.226. The van der Waals surface area contributed by atoms with Gasteiger partial charge in [-0.25, -0.2) is 26.3 Å². The van der Waals surface area contributed by atoms with Gasteiger partial charge in [0.25, 0.3) is 0 Å². The van der Waals surface area contributed by atoms with Crippen LogP contribution in [-0.2, 0) is 15.4 Å². The lowest BCUT2D eigenvalue weighted by Gasteiger charge is -2.20. The monoisotopic (exact) mass is 514 g/mol. The second kappa shape index (κ2) is 8.84. The van der Waals surface area contributed by atoms with Crippen LogP contribution in [0.15, 0.2) is 54.8 Å². The van der Waals surface area contributed by atoms with E-state index in [0.717, 1.165) is 12.1 Å². The Labute approximate surface area is 200 Å². The van der Waals surface area contributed by atoms with E-state index >= 15 is 0 Å². The molecule has 0 aliphatic carbocycles. The molecule has 1 heterocycles. The molecule has 1 aliphatic heterocycles. The molecule has 0 saturated carbocycles. The Hall–Kier alpha value is -3.54. The molecule has 36 heavy (non-hydrogen) atoms. The Bertz CT molecular complexity index is 1330. The summed E-state index contributed by atoms with van der Waals surface area (Å²) < 4.78 is 128. The van der Waals surface area contributed by atoms with E-state index in [2.05, 4.69) is 11.3 Å². The molecule has 3 nitrogen and oxygen atoms in total. The van der Waals surface area contributed by atoms with Crippen molar-refractivity contribution >= 4 is 12.6 Å². The first-order valence-electron chi connectivity index (χ1n) is 10.2. The standard InChI is InChI=1S/C24H15BF8O3/c1-11-23(2,3)36-25(35-11)13-8-17(27)21(18(28)9-13)24(32,33)34-14-4-5-15(16(26)10-14)12-6-19(29)22(31)20(30)7-12/h4-10H,1H2,2-3H3. The second-order valence-corrected chi connectivity index (χ2v) is 8.38. The van der Waals surface area contributed by atoms with Crippen LogP contribution in [0, 0.1) is 34.9 Å². The molecule has 1 aliphatic rings. The summed E-state index contributed by atoms with van der Waals surface area (Å²) in [5.41, 5.74) is -3.85. The molecule has 0 spiro atoms. The van der Waals surface area contributed by atoms with Crippen LogP contribution >= 0.6 is 0 Å². The topological polar surface area (TPSA) is 27.7 Å². The molecule has 0 unspecified atom stereocenters. The Morgan fingerprint density at radius 1 is 0.833 bits per heavy atom. The van der Waals surface area contributed by atoms with E-state index in [1.807, 2.05) is 0 Å². The van der Waals surface area contributed by atoms with Crippen LogP contribution in [-0.4, -0.2) is 12.7 Å². The molecule has 12 heteroatoms. The van der Waals surface area contributed by atoms with Crippen LogP contribution in [0.5, 0.6) is 5.75 Å². The van der Waals surface area contributed by atoms with Crippen molar-refractivity contribution in [1.29, 1.82) is 0 Å². The van der Waals surface area contributed by atoms with Gasteiger partial charge in [-0.05, 0) is 55.8 Å². The minimum Gasteiger partial charge on any atom is -0.534 e. The fourth-order valence-corrected chi connectivity index (χ4v) is 3.47. The molecule has 0 aromatic heterocycles. The zero-order valence-electron chi connectivity index (χ0n) is 18.6. The third kappa shape index (κ3) is 4.64. The Morgan fingerprint density at radius 3 is 1.92 bits per heavy atom. The molecule has 4 rings (SSSR count). The van der Waals surface area contributed by atoms with Crippen LogP contribution < -0.4 is 10.2 Å². The average molecular weight is 514 g/mol. The first-order chi connectivity index (χ1) is 16.7. The Morgan fingerprint density at radius 2 is 1.42 bits per heavy atom. The highest BCUT2D eigenvalue weighted by molar-refractivity contribution is 6.62. The fourth-order valence-electron chi connectivity index (χ4n) is 3.47. The van der Waals surface area contributed by atoms with Crippen molar-refractivity contribution in [2.45, 2.75) is 25.6 Å². The van der Waals surface area contributed by atoms with Gasteiger partial charge in [-0.15, -0.1) is 0 Å². The normalized spacial score (nSPS) is 15.3. The predicted molar refractivity (Wildman–Crippen MR) is 113 cm³/mol. The number of halogens is 8. The van der Waals surface area contributed by atoms with E-state index in [4.69, 9.17) is 9.31 Å². The summed E-state index contributed by atoms with van der Waals surface area (Å²) in [6, 6.07) is 4.20. The molecule has 188 valence electrons. The summed E-state index contributed by atoms with van der Waals surface area (Å²) >= 11 is 0. The molecule has 3 aromatic rings. The first kappa shape index (κ1) is 25.6. The number of rotatable bonds is 5. The van der Waals surface area contributed by atoms with Crippen molar-refractivity contribution in [2.75, 3.05) is 0 Å². The molecule has 0 atom stereocenters. The zero-order chi connectivity index (χ0) is 26.6. The molecule has 0 bridgehead atoms. The number of benzene rings is 3. The maximum Gasteiger partial charge on any atom is 0.563 e. The summed E-state index contributed by atoms with van der Waals surface area (Å²) in [5.74, 6) is -10.3. The van der Waals surface area contributed by atoms with Crippen molar-refractivity contribution in [3.8, 4) is 16.9 Å². The molecule has 1 fully saturated rings. The van der Waals surface area contributed by atoms with E-state index in [1.54, 1.807) is 13.8 Å². The average Bonchev–Trinajstić information content (AvgIpc) is 3.03. The Balaban J connectivity index is 1.61. The SMILES string of the molecule is C=C1OB(c2cc(F)c(C(F)(F)Oc3ccc(-c4cc(F)c(F)c(F)c4)c(F)c3)c(F)c2)OC1(C)C. The highest BCUT2D eigenvalue weighted by Gasteiger charge is 2.46. The van der Waals surface area contributed by atoms with Gasteiger partial charge in [0.05, 0.1) is 5.76 Å². The van der Waals surface area contributed by atoms with Crippen LogP contribution in [0.3, 0.4) is 0 Å². The van der Waals surface area contributed by atoms with Crippen molar-refractivity contribution in [2.24, 2.45) is 0 Å². The smallest absolute Gasteiger partial charge is 0.534 e. The van der Waals surface area contributed by atoms with Gasteiger partial charge in [0.15, 0.2) is 17.5 Å². The third-order valence-electron chi connectivity index (χ3n) is 5.43. The highest BCUT2D eigenvalue weighted by atomic mass is 19.3. The van der Waals surface area contributed by atoms with Gasteiger partial charge in [0, 0.05) is 17.1 Å². The van der Waals surface area contributed by atoms with E-state index < -0.39 is 76.2 Å². The van der Waals surface area contributed by atoms with Crippen LogP contribution in [0.25, 0.3) is 11.1 Å². The van der Waals surface area contributed by atoms with Crippen LogP contribution in [0.4, 0.5) is 35.1 Å². The van der Waals surface area contributed by atoms with Crippen molar-refractivity contribution in [3.63, 3.8) is 0 Å². The van der Waals surface area contributed by atoms with Gasteiger partial charge in [-0.2, -0.15) is 8.78 Å². The van der Waals surface area contributed by atoms with Crippen molar-refractivity contribution < 1.29 is 49.2 Å². The van der Waals surface area contributed by atoms with Gasteiger partial charge in [-0.1, -0.05) is 6.58 Å². The summed E-state index contributed by atoms with van der Waals surface area (Å²) in [5, 5.41) is 0. The number of hydrogen-bond acceptors (Lipinski definition) is 3. The molecule has 3 aromatic carbocycles. The first-order valence-corrected chi connectivity index (χ1v) is 10.2.